The van der Waals surface area contributed by atoms with Gasteiger partial charge in [-0.15, -0.1) is 24.0 Å². The molecular formula is C18H29IN4. The summed E-state index contributed by atoms with van der Waals surface area (Å²) in [5.41, 5.74) is 7.44. The molecule has 0 radical (unpaired) electrons. The van der Waals surface area contributed by atoms with E-state index in [-0.39, 0.29) is 29.5 Å². The maximum absolute atomic E-state index is 6.00. The summed E-state index contributed by atoms with van der Waals surface area (Å²) in [6.07, 6.45) is 7.38. The van der Waals surface area contributed by atoms with Crippen LogP contribution in [0.1, 0.15) is 57.1 Å². The Labute approximate surface area is 156 Å². The normalized spacial score (nSPS) is 21.5. The molecule has 1 aromatic carbocycles. The Hall–Kier alpha value is -0.820. The highest BCUT2D eigenvalue weighted by atomic mass is 127. The van der Waals surface area contributed by atoms with Gasteiger partial charge in [0.25, 0.3) is 0 Å². The second-order valence-electron chi connectivity index (χ2n) is 6.88. The number of hydrogen-bond acceptors (Lipinski definition) is 2. The van der Waals surface area contributed by atoms with Crippen LogP contribution in [0, 0.1) is 0 Å². The number of guanidine groups is 1. The van der Waals surface area contributed by atoms with Crippen LogP contribution < -0.4 is 16.4 Å². The smallest absolute Gasteiger partial charge is 0.188 e. The van der Waals surface area contributed by atoms with E-state index in [1.165, 1.54) is 44.1 Å². The van der Waals surface area contributed by atoms with Crippen LogP contribution in [0.25, 0.3) is 0 Å². The van der Waals surface area contributed by atoms with Crippen molar-refractivity contribution in [3.63, 3.8) is 0 Å². The molecule has 0 saturated heterocycles. The molecule has 0 aromatic heterocycles. The Bertz CT molecular complexity index is 507. The quantitative estimate of drug-likeness (QED) is 0.370. The number of nitrogens with two attached hydrogens (primary N) is 1. The van der Waals surface area contributed by atoms with E-state index in [9.17, 15) is 0 Å². The molecule has 1 aromatic rings. The van der Waals surface area contributed by atoms with E-state index in [0.717, 1.165) is 6.54 Å². The molecule has 4 N–H and O–H groups in total. The largest absolute Gasteiger partial charge is 0.370 e. The molecule has 0 spiro atoms. The number of aliphatic imine (C=N–C) groups is 1. The van der Waals surface area contributed by atoms with E-state index in [4.69, 9.17) is 5.73 Å². The molecule has 23 heavy (non-hydrogen) atoms. The van der Waals surface area contributed by atoms with Gasteiger partial charge in [0, 0.05) is 17.6 Å². The summed E-state index contributed by atoms with van der Waals surface area (Å²) in [5.74, 6) is 0.614. The average molecular weight is 428 g/mol. The van der Waals surface area contributed by atoms with E-state index >= 15 is 0 Å². The maximum Gasteiger partial charge on any atom is 0.188 e. The van der Waals surface area contributed by atoms with Crippen molar-refractivity contribution in [3.8, 4) is 0 Å². The van der Waals surface area contributed by atoms with E-state index in [1.807, 2.05) is 0 Å². The van der Waals surface area contributed by atoms with Gasteiger partial charge in [0.05, 0.1) is 6.54 Å². The lowest BCUT2D eigenvalue weighted by atomic mass is 9.95. The van der Waals surface area contributed by atoms with E-state index < -0.39 is 0 Å². The molecule has 3 rings (SSSR count). The lowest BCUT2D eigenvalue weighted by Crippen LogP contribution is -2.47. The van der Waals surface area contributed by atoms with Gasteiger partial charge >= 0.3 is 0 Å². The number of nitrogens with one attached hydrogen (secondary N) is 2. The van der Waals surface area contributed by atoms with E-state index in [1.54, 1.807) is 0 Å². The van der Waals surface area contributed by atoms with Gasteiger partial charge in [0.1, 0.15) is 0 Å². The fourth-order valence-electron chi connectivity index (χ4n) is 3.40. The van der Waals surface area contributed by atoms with Crippen molar-refractivity contribution in [1.82, 2.24) is 10.6 Å². The van der Waals surface area contributed by atoms with Crippen LogP contribution in [-0.4, -0.2) is 24.1 Å². The van der Waals surface area contributed by atoms with Crippen molar-refractivity contribution >= 4 is 29.9 Å². The topological polar surface area (TPSA) is 62.4 Å². The number of nitrogens with zero attached hydrogens (tertiary/aromatic N) is 1. The Kier molecular flexibility index (Phi) is 6.71. The van der Waals surface area contributed by atoms with Crippen molar-refractivity contribution in [1.29, 1.82) is 0 Å². The molecule has 128 valence electrons. The van der Waals surface area contributed by atoms with E-state index in [2.05, 4.69) is 52.9 Å². The third-order valence-corrected chi connectivity index (χ3v) is 4.86. The predicted molar refractivity (Wildman–Crippen MR) is 107 cm³/mol. The third kappa shape index (κ3) is 5.35. The molecule has 4 nitrogen and oxygen atoms in total. The molecule has 0 bridgehead atoms. The van der Waals surface area contributed by atoms with Crippen LogP contribution in [0.3, 0.4) is 0 Å². The van der Waals surface area contributed by atoms with Gasteiger partial charge in [0.15, 0.2) is 5.96 Å². The van der Waals surface area contributed by atoms with Crippen LogP contribution in [-0.2, 0) is 0 Å². The van der Waals surface area contributed by atoms with Crippen LogP contribution in [0.2, 0.25) is 0 Å². The molecule has 0 aliphatic heterocycles. The van der Waals surface area contributed by atoms with Crippen LogP contribution in [0.4, 0.5) is 0 Å². The SMILES string of the molecule is CC(NC1(CN=C(N)NC2CC2)CCCC1)c1ccccc1.I. The molecule has 0 heterocycles. The van der Waals surface area contributed by atoms with Gasteiger partial charge < -0.3 is 16.4 Å². The van der Waals surface area contributed by atoms with Gasteiger partial charge in [-0.05, 0) is 38.2 Å². The van der Waals surface area contributed by atoms with Gasteiger partial charge in [-0.3, -0.25) is 4.99 Å². The van der Waals surface area contributed by atoms with Crippen molar-refractivity contribution in [2.24, 2.45) is 10.7 Å². The maximum atomic E-state index is 6.00. The minimum atomic E-state index is 0. The van der Waals surface area contributed by atoms with Gasteiger partial charge in [-0.2, -0.15) is 0 Å². The second kappa shape index (κ2) is 8.33. The third-order valence-electron chi connectivity index (χ3n) is 4.86. The summed E-state index contributed by atoms with van der Waals surface area (Å²) < 4.78 is 0. The highest BCUT2D eigenvalue weighted by molar-refractivity contribution is 14.0. The summed E-state index contributed by atoms with van der Waals surface area (Å²) in [6, 6.07) is 11.6. The van der Waals surface area contributed by atoms with Crippen LogP contribution in [0.15, 0.2) is 35.3 Å². The summed E-state index contributed by atoms with van der Waals surface area (Å²) in [5, 5.41) is 7.12. The first-order valence-electron chi connectivity index (χ1n) is 8.56. The van der Waals surface area contributed by atoms with Crippen molar-refractivity contribution in [3.05, 3.63) is 35.9 Å². The van der Waals surface area contributed by atoms with Gasteiger partial charge in [0.2, 0.25) is 0 Å². The molecule has 1 unspecified atom stereocenters. The fraction of sp³-hybridized carbons (Fsp3) is 0.611. The Morgan fingerprint density at radius 1 is 1.26 bits per heavy atom. The highest BCUT2D eigenvalue weighted by Crippen LogP contribution is 2.32. The van der Waals surface area contributed by atoms with Gasteiger partial charge in [-0.25, -0.2) is 0 Å². The van der Waals surface area contributed by atoms with Gasteiger partial charge in [-0.1, -0.05) is 43.2 Å². The first-order valence-corrected chi connectivity index (χ1v) is 8.56. The molecule has 2 aliphatic rings. The lowest BCUT2D eigenvalue weighted by molar-refractivity contribution is 0.307. The molecular weight excluding hydrogens is 399 g/mol. The second-order valence-corrected chi connectivity index (χ2v) is 6.88. The van der Waals surface area contributed by atoms with E-state index in [0.29, 0.717) is 18.0 Å². The number of hydrogen-bond donors (Lipinski definition) is 3. The molecule has 2 saturated carbocycles. The zero-order valence-corrected chi connectivity index (χ0v) is 16.3. The predicted octanol–water partition coefficient (Wildman–Crippen LogP) is 3.33. The minimum absolute atomic E-state index is 0. The summed E-state index contributed by atoms with van der Waals surface area (Å²) in [6.45, 7) is 3.01. The fourth-order valence-corrected chi connectivity index (χ4v) is 3.40. The average Bonchev–Trinajstić information content (AvgIpc) is 3.23. The summed E-state index contributed by atoms with van der Waals surface area (Å²) >= 11 is 0. The van der Waals surface area contributed by atoms with Crippen molar-refractivity contribution < 1.29 is 0 Å². The van der Waals surface area contributed by atoms with Crippen LogP contribution >= 0.6 is 24.0 Å². The molecule has 5 heteroatoms. The Morgan fingerprint density at radius 2 is 1.91 bits per heavy atom. The molecule has 0 amide bonds. The minimum Gasteiger partial charge on any atom is -0.370 e. The summed E-state index contributed by atoms with van der Waals surface area (Å²) in [7, 11) is 0. The number of rotatable bonds is 6. The first-order chi connectivity index (χ1) is 10.7. The molecule has 2 aliphatic carbocycles. The first kappa shape index (κ1) is 18.5. The standard InChI is InChI=1S/C18H28N4.HI/c1-14(15-7-3-2-4-8-15)22-18(11-5-6-12-18)13-20-17(19)21-16-9-10-16;/h2-4,7-8,14,16,22H,5-6,9-13H2,1H3,(H3,19,20,21);1H. The monoisotopic (exact) mass is 428 g/mol. The Morgan fingerprint density at radius 3 is 2.52 bits per heavy atom. The zero-order valence-electron chi connectivity index (χ0n) is 13.9. The molecule has 2 fully saturated rings. The highest BCUT2D eigenvalue weighted by Gasteiger charge is 2.35. The summed E-state index contributed by atoms with van der Waals surface area (Å²) in [4.78, 5) is 4.63. The Balaban J connectivity index is 0.00000192. The number of benzene rings is 1. The van der Waals surface area contributed by atoms with Crippen molar-refractivity contribution in [2.45, 2.75) is 63.1 Å². The lowest BCUT2D eigenvalue weighted by Gasteiger charge is -2.33. The number of halogens is 1. The molecule has 1 atom stereocenters. The van der Waals surface area contributed by atoms with Crippen LogP contribution in [0.5, 0.6) is 0 Å². The van der Waals surface area contributed by atoms with Crippen molar-refractivity contribution in [2.75, 3.05) is 6.54 Å². The zero-order chi connectivity index (χ0) is 15.4.